The molecule has 3 nitrogen and oxygen atoms in total. The molecule has 0 radical (unpaired) electrons. The van der Waals surface area contributed by atoms with Crippen LogP contribution < -0.4 is 5.73 Å². The molecule has 0 saturated carbocycles. The molecule has 1 saturated heterocycles. The lowest BCUT2D eigenvalue weighted by molar-refractivity contribution is 0.370. The molecule has 0 amide bonds. The van der Waals surface area contributed by atoms with Crippen LogP contribution in [0.4, 0.5) is 0 Å². The van der Waals surface area contributed by atoms with Crippen molar-refractivity contribution in [3.63, 3.8) is 0 Å². The van der Waals surface area contributed by atoms with Gasteiger partial charge in [0.2, 0.25) is 0 Å². The average molecular weight is 300 g/mol. The largest absolute Gasteiger partial charge is 0.374 e. The molecule has 6 heteroatoms. The molecule has 18 heavy (non-hydrogen) atoms. The SMILES string of the molecule is CC(c1ccc(Cl)cc1)N1CCS/C1=N\C(N)=S. The van der Waals surface area contributed by atoms with Crippen LogP contribution in [0.5, 0.6) is 0 Å². The number of thioether (sulfide) groups is 1. The van der Waals surface area contributed by atoms with Gasteiger partial charge >= 0.3 is 0 Å². The van der Waals surface area contributed by atoms with Gasteiger partial charge in [-0.25, -0.2) is 0 Å². The Morgan fingerprint density at radius 1 is 1.50 bits per heavy atom. The van der Waals surface area contributed by atoms with Crippen molar-refractivity contribution in [2.24, 2.45) is 10.7 Å². The smallest absolute Gasteiger partial charge is 0.192 e. The summed E-state index contributed by atoms with van der Waals surface area (Å²) in [5.41, 5.74) is 6.69. The molecule has 2 rings (SSSR count). The first-order valence-electron chi connectivity index (χ1n) is 5.61. The molecule has 1 aromatic carbocycles. The van der Waals surface area contributed by atoms with Gasteiger partial charge in [0.25, 0.3) is 0 Å². The molecular weight excluding hydrogens is 286 g/mol. The summed E-state index contributed by atoms with van der Waals surface area (Å²) >= 11 is 12.4. The number of hydrogen-bond acceptors (Lipinski definition) is 2. The summed E-state index contributed by atoms with van der Waals surface area (Å²) in [5.74, 6) is 1.01. The molecule has 0 bridgehead atoms. The van der Waals surface area contributed by atoms with E-state index in [4.69, 9.17) is 29.6 Å². The highest BCUT2D eigenvalue weighted by Gasteiger charge is 2.25. The van der Waals surface area contributed by atoms with Crippen molar-refractivity contribution in [2.75, 3.05) is 12.3 Å². The van der Waals surface area contributed by atoms with Crippen molar-refractivity contribution in [1.82, 2.24) is 4.90 Å². The Morgan fingerprint density at radius 2 is 2.17 bits per heavy atom. The molecular formula is C12H14ClN3S2. The Balaban J connectivity index is 2.20. The third kappa shape index (κ3) is 3.16. The Morgan fingerprint density at radius 3 is 2.78 bits per heavy atom. The van der Waals surface area contributed by atoms with Gasteiger partial charge in [-0.3, -0.25) is 0 Å². The Hall–Kier alpha value is -0.780. The van der Waals surface area contributed by atoms with Crippen LogP contribution >= 0.6 is 35.6 Å². The van der Waals surface area contributed by atoms with E-state index in [2.05, 4.69) is 16.8 Å². The van der Waals surface area contributed by atoms with Gasteiger partial charge in [-0.05, 0) is 36.8 Å². The molecule has 1 unspecified atom stereocenters. The van der Waals surface area contributed by atoms with Crippen molar-refractivity contribution >= 4 is 45.9 Å². The Kier molecular flexibility index (Phi) is 4.48. The average Bonchev–Trinajstić information content (AvgIpc) is 2.76. The fraction of sp³-hybridized carbons (Fsp3) is 0.333. The van der Waals surface area contributed by atoms with Crippen molar-refractivity contribution in [2.45, 2.75) is 13.0 Å². The first-order chi connectivity index (χ1) is 8.58. The first-order valence-corrected chi connectivity index (χ1v) is 7.38. The van der Waals surface area contributed by atoms with Gasteiger partial charge in [0.1, 0.15) is 0 Å². The molecule has 0 aromatic heterocycles. The number of aliphatic imine (C=N–C) groups is 1. The van der Waals surface area contributed by atoms with Gasteiger partial charge in [0, 0.05) is 17.3 Å². The molecule has 1 atom stereocenters. The van der Waals surface area contributed by atoms with Crippen LogP contribution in [-0.4, -0.2) is 27.5 Å². The molecule has 1 aromatic rings. The van der Waals surface area contributed by atoms with Crippen LogP contribution in [0.25, 0.3) is 0 Å². The predicted octanol–water partition coefficient (Wildman–Crippen LogP) is 3.05. The summed E-state index contributed by atoms with van der Waals surface area (Å²) in [6.07, 6.45) is 0. The van der Waals surface area contributed by atoms with Crippen LogP contribution in [0.1, 0.15) is 18.5 Å². The normalized spacial score (nSPS) is 19.2. The number of rotatable bonds is 2. The van der Waals surface area contributed by atoms with Crippen LogP contribution in [0.3, 0.4) is 0 Å². The van der Waals surface area contributed by atoms with Crippen molar-refractivity contribution < 1.29 is 0 Å². The minimum Gasteiger partial charge on any atom is -0.374 e. The maximum absolute atomic E-state index is 5.90. The lowest BCUT2D eigenvalue weighted by atomic mass is 10.1. The van der Waals surface area contributed by atoms with Gasteiger partial charge in [-0.15, -0.1) is 0 Å². The maximum Gasteiger partial charge on any atom is 0.192 e. The highest BCUT2D eigenvalue weighted by atomic mass is 35.5. The quantitative estimate of drug-likeness (QED) is 0.852. The Labute approximate surface area is 121 Å². The van der Waals surface area contributed by atoms with Crippen LogP contribution in [0, 0.1) is 0 Å². The monoisotopic (exact) mass is 299 g/mol. The van der Waals surface area contributed by atoms with Crippen LogP contribution in [-0.2, 0) is 0 Å². The second kappa shape index (κ2) is 5.91. The molecule has 1 heterocycles. The fourth-order valence-electron chi connectivity index (χ4n) is 1.89. The number of hydrogen-bond donors (Lipinski definition) is 1. The van der Waals surface area contributed by atoms with E-state index in [1.54, 1.807) is 11.8 Å². The lowest BCUT2D eigenvalue weighted by Gasteiger charge is -2.26. The highest BCUT2D eigenvalue weighted by molar-refractivity contribution is 8.14. The van der Waals surface area contributed by atoms with Gasteiger partial charge < -0.3 is 10.6 Å². The summed E-state index contributed by atoms with van der Waals surface area (Å²) < 4.78 is 0. The van der Waals surface area contributed by atoms with E-state index in [0.29, 0.717) is 0 Å². The summed E-state index contributed by atoms with van der Waals surface area (Å²) in [6, 6.07) is 8.12. The zero-order chi connectivity index (χ0) is 13.1. The van der Waals surface area contributed by atoms with E-state index >= 15 is 0 Å². The summed E-state index contributed by atoms with van der Waals surface area (Å²) in [7, 11) is 0. The third-order valence-electron chi connectivity index (χ3n) is 2.83. The fourth-order valence-corrected chi connectivity index (χ4v) is 3.20. The highest BCUT2D eigenvalue weighted by Crippen LogP contribution is 2.29. The zero-order valence-electron chi connectivity index (χ0n) is 9.97. The van der Waals surface area contributed by atoms with Gasteiger partial charge in [0.15, 0.2) is 10.3 Å². The molecule has 1 aliphatic heterocycles. The maximum atomic E-state index is 5.90. The number of amidine groups is 1. The van der Waals surface area contributed by atoms with Crippen molar-refractivity contribution in [1.29, 1.82) is 0 Å². The Bertz CT molecular complexity index is 473. The first kappa shape index (κ1) is 13.6. The summed E-state index contributed by atoms with van der Waals surface area (Å²) in [5, 5.41) is 1.84. The van der Waals surface area contributed by atoms with E-state index in [0.717, 1.165) is 22.5 Å². The van der Waals surface area contributed by atoms with Crippen LogP contribution in [0.2, 0.25) is 5.02 Å². The minimum absolute atomic E-state index is 0.188. The van der Waals surface area contributed by atoms with E-state index < -0.39 is 0 Å². The number of halogens is 1. The van der Waals surface area contributed by atoms with E-state index in [9.17, 15) is 0 Å². The van der Waals surface area contributed by atoms with Crippen molar-refractivity contribution in [3.05, 3.63) is 34.9 Å². The molecule has 96 valence electrons. The van der Waals surface area contributed by atoms with Gasteiger partial charge in [0.05, 0.1) is 6.04 Å². The van der Waals surface area contributed by atoms with Crippen LogP contribution in [0.15, 0.2) is 29.3 Å². The molecule has 2 N–H and O–H groups in total. The van der Waals surface area contributed by atoms with Gasteiger partial charge in [-0.1, -0.05) is 35.5 Å². The number of benzene rings is 1. The second-order valence-electron chi connectivity index (χ2n) is 4.00. The zero-order valence-corrected chi connectivity index (χ0v) is 12.4. The van der Waals surface area contributed by atoms with E-state index in [1.807, 2.05) is 24.3 Å². The van der Waals surface area contributed by atoms with Gasteiger partial charge in [-0.2, -0.15) is 4.99 Å². The summed E-state index contributed by atoms with van der Waals surface area (Å²) in [6.45, 7) is 3.10. The lowest BCUT2D eigenvalue weighted by Crippen LogP contribution is -2.29. The topological polar surface area (TPSA) is 41.6 Å². The number of thiocarbonyl (C=S) groups is 1. The molecule has 0 spiro atoms. The summed E-state index contributed by atoms with van der Waals surface area (Å²) in [4.78, 5) is 6.43. The molecule has 0 aliphatic carbocycles. The predicted molar refractivity (Wildman–Crippen MR) is 83.3 cm³/mol. The third-order valence-corrected chi connectivity index (χ3v) is 4.15. The number of nitrogens with zero attached hydrogens (tertiary/aromatic N) is 2. The van der Waals surface area contributed by atoms with Crippen molar-refractivity contribution in [3.8, 4) is 0 Å². The van der Waals surface area contributed by atoms with E-state index in [-0.39, 0.29) is 11.2 Å². The standard InChI is InChI=1S/C12H14ClN3S2/c1-8(9-2-4-10(13)5-3-9)16-6-7-18-12(16)15-11(14)17/h2-5,8H,6-7H2,1H3,(H2,14,17)/b15-12-. The second-order valence-corrected chi connectivity index (χ2v) is 5.92. The minimum atomic E-state index is 0.188. The molecule has 1 aliphatic rings. The molecule has 1 fully saturated rings. The number of nitrogens with two attached hydrogens (primary N) is 1. The van der Waals surface area contributed by atoms with E-state index in [1.165, 1.54) is 5.56 Å².